The highest BCUT2D eigenvalue weighted by atomic mass is 15.7. The Morgan fingerprint density at radius 1 is 1.10 bits per heavy atom. The largest absolute Gasteiger partial charge is 0.348 e. The molecule has 0 saturated carbocycles. The lowest BCUT2D eigenvalue weighted by Gasteiger charge is -2.30. The van der Waals surface area contributed by atoms with Gasteiger partial charge in [0.1, 0.15) is 5.69 Å². The smallest absolute Gasteiger partial charge is 0.263 e. The lowest BCUT2D eigenvalue weighted by Crippen LogP contribution is -2.55. The number of quaternary nitrogens is 1. The van der Waals surface area contributed by atoms with E-state index in [4.69, 9.17) is 9.98 Å². The molecule has 3 aromatic rings. The summed E-state index contributed by atoms with van der Waals surface area (Å²) in [5.74, 6) is 2.04. The molecule has 0 spiro atoms. The minimum atomic E-state index is 0.0990. The van der Waals surface area contributed by atoms with E-state index in [1.54, 1.807) is 0 Å². The van der Waals surface area contributed by atoms with E-state index in [-0.39, 0.29) is 6.04 Å². The number of hydrogen-bond donors (Lipinski definition) is 3. The molecule has 1 saturated heterocycles. The second-order valence-electron chi connectivity index (χ2n) is 8.19. The molecular weight excluding hydrogens is 386 g/mol. The van der Waals surface area contributed by atoms with Crippen LogP contribution in [0.25, 0.3) is 0 Å². The highest BCUT2D eigenvalue weighted by Gasteiger charge is 2.41. The molecule has 3 heterocycles. The van der Waals surface area contributed by atoms with Gasteiger partial charge in [-0.15, -0.1) is 10.0 Å². The van der Waals surface area contributed by atoms with Gasteiger partial charge >= 0.3 is 0 Å². The van der Waals surface area contributed by atoms with E-state index in [0.29, 0.717) is 16.5 Å². The third kappa shape index (κ3) is 3.95. The van der Waals surface area contributed by atoms with Gasteiger partial charge in [-0.25, -0.2) is 4.98 Å². The van der Waals surface area contributed by atoms with Crippen LogP contribution in [0.4, 0.5) is 23.1 Å². The van der Waals surface area contributed by atoms with Crippen molar-refractivity contribution in [3.05, 3.63) is 72.4 Å². The van der Waals surface area contributed by atoms with Gasteiger partial charge in [0.15, 0.2) is 5.69 Å². The molecule has 7 nitrogen and oxygen atoms in total. The van der Waals surface area contributed by atoms with Crippen molar-refractivity contribution in [1.82, 2.24) is 25.3 Å². The van der Waals surface area contributed by atoms with Gasteiger partial charge in [0, 0.05) is 18.3 Å². The summed E-state index contributed by atoms with van der Waals surface area (Å²) in [6.45, 7) is 5.11. The Balaban J connectivity index is 1.46. The maximum Gasteiger partial charge on any atom is 0.263 e. The lowest BCUT2D eigenvalue weighted by molar-refractivity contribution is 0.368. The first-order valence-electron chi connectivity index (χ1n) is 10.9. The van der Waals surface area contributed by atoms with Crippen LogP contribution in [0.5, 0.6) is 0 Å². The third-order valence-electron chi connectivity index (χ3n) is 6.07. The van der Waals surface area contributed by atoms with Crippen LogP contribution in [-0.2, 0) is 0 Å². The predicted molar refractivity (Wildman–Crippen MR) is 126 cm³/mol. The number of hydrogen-bond acceptors (Lipinski definition) is 6. The quantitative estimate of drug-likeness (QED) is 0.508. The molecule has 2 aliphatic heterocycles. The average molecular weight is 415 g/mol. The fourth-order valence-corrected chi connectivity index (χ4v) is 4.27. The molecule has 5 rings (SSSR count). The van der Waals surface area contributed by atoms with Gasteiger partial charge in [0.2, 0.25) is 12.3 Å². The first-order valence-corrected chi connectivity index (χ1v) is 10.9. The second-order valence-corrected chi connectivity index (χ2v) is 8.19. The zero-order valence-corrected chi connectivity index (χ0v) is 17.7. The lowest BCUT2D eigenvalue weighted by atomic mass is 10.1. The Hall–Kier alpha value is -3.13. The summed E-state index contributed by atoms with van der Waals surface area (Å²) in [5, 5.41) is 6.90. The van der Waals surface area contributed by atoms with E-state index < -0.39 is 0 Å². The zero-order chi connectivity index (χ0) is 21.1. The summed E-state index contributed by atoms with van der Waals surface area (Å²) in [5.41, 5.74) is 6.99. The van der Waals surface area contributed by atoms with Crippen molar-refractivity contribution in [2.75, 3.05) is 25.0 Å². The van der Waals surface area contributed by atoms with Crippen molar-refractivity contribution < 1.29 is 0 Å². The number of benzene rings is 2. The van der Waals surface area contributed by atoms with Crippen LogP contribution in [0.1, 0.15) is 24.9 Å². The Labute approximate surface area is 182 Å². The molecule has 7 heteroatoms. The minimum absolute atomic E-state index is 0.0990. The standard InChI is InChI=1S/C24H28N7/c1-18(20-7-3-2-4-8-20)29-24-26-14-12-23(30-24)31(28-16-19-11-13-25-15-19)17-27-21-9-5-6-10-22(21)31/h2-10,12,14,17-19,25,28H,11,13,15-16H2,1H3,(H,26,29,30)/q+1. The number of rotatable bonds is 7. The maximum atomic E-state index is 4.92. The summed E-state index contributed by atoms with van der Waals surface area (Å²) in [4.78, 5) is 14.1. The van der Waals surface area contributed by atoms with Gasteiger partial charge in [0.05, 0.1) is 12.6 Å². The van der Waals surface area contributed by atoms with Crippen molar-refractivity contribution in [2.45, 2.75) is 19.4 Å². The Bertz CT molecular complexity index is 1060. The molecular formula is C24H28N7+. The Kier molecular flexibility index (Phi) is 5.46. The van der Waals surface area contributed by atoms with Crippen molar-refractivity contribution in [1.29, 1.82) is 0 Å². The molecule has 1 fully saturated rings. The van der Waals surface area contributed by atoms with Gasteiger partial charge in [-0.1, -0.05) is 42.5 Å². The molecule has 0 aliphatic carbocycles. The van der Waals surface area contributed by atoms with E-state index in [2.05, 4.69) is 52.2 Å². The molecule has 3 unspecified atom stereocenters. The second kappa shape index (κ2) is 8.55. The number of aromatic nitrogens is 2. The van der Waals surface area contributed by atoms with Gasteiger partial charge < -0.3 is 10.6 Å². The van der Waals surface area contributed by atoms with Crippen LogP contribution in [0, 0.1) is 5.92 Å². The van der Waals surface area contributed by atoms with Gasteiger partial charge in [0.25, 0.3) is 5.82 Å². The number of aliphatic imine (C=N–C) groups is 1. The van der Waals surface area contributed by atoms with Crippen LogP contribution in [0.3, 0.4) is 0 Å². The van der Waals surface area contributed by atoms with Crippen LogP contribution >= 0.6 is 0 Å². The molecule has 1 aromatic heterocycles. The highest BCUT2D eigenvalue weighted by molar-refractivity contribution is 5.93. The third-order valence-corrected chi connectivity index (χ3v) is 6.07. The maximum absolute atomic E-state index is 4.92. The summed E-state index contributed by atoms with van der Waals surface area (Å²) in [6, 6.07) is 20.6. The molecule has 0 bridgehead atoms. The van der Waals surface area contributed by atoms with Crippen molar-refractivity contribution in [3.8, 4) is 0 Å². The van der Waals surface area contributed by atoms with Gasteiger partial charge in [-0.05, 0) is 44.0 Å². The first-order chi connectivity index (χ1) is 15.2. The normalized spacial score (nSPS) is 22.9. The van der Waals surface area contributed by atoms with Crippen LogP contribution in [0.15, 0.2) is 71.9 Å². The fourth-order valence-electron chi connectivity index (χ4n) is 4.27. The monoisotopic (exact) mass is 414 g/mol. The summed E-state index contributed by atoms with van der Waals surface area (Å²) < 4.78 is 0.295. The Morgan fingerprint density at radius 3 is 2.77 bits per heavy atom. The summed E-state index contributed by atoms with van der Waals surface area (Å²) >= 11 is 0. The van der Waals surface area contributed by atoms with Gasteiger partial charge in [-0.3, -0.25) is 0 Å². The number of nitrogens with zero attached hydrogens (tertiary/aromatic N) is 4. The summed E-state index contributed by atoms with van der Waals surface area (Å²) in [7, 11) is 0. The first kappa shape index (κ1) is 19.8. The number of para-hydroxylation sites is 2. The Morgan fingerprint density at radius 2 is 1.94 bits per heavy atom. The van der Waals surface area contributed by atoms with Gasteiger partial charge in [-0.2, -0.15) is 9.98 Å². The van der Waals surface area contributed by atoms with E-state index in [0.717, 1.165) is 36.8 Å². The highest BCUT2D eigenvalue weighted by Crippen LogP contribution is 2.41. The van der Waals surface area contributed by atoms with E-state index in [9.17, 15) is 0 Å². The molecule has 3 N–H and O–H groups in total. The average Bonchev–Trinajstić information content (AvgIpc) is 3.47. The molecule has 0 amide bonds. The number of anilines is 1. The summed E-state index contributed by atoms with van der Waals surface area (Å²) in [6.07, 6.45) is 4.94. The number of nitrogens with one attached hydrogen (secondary N) is 3. The van der Waals surface area contributed by atoms with Crippen molar-refractivity contribution in [2.24, 2.45) is 10.9 Å². The van der Waals surface area contributed by atoms with E-state index >= 15 is 0 Å². The molecule has 31 heavy (non-hydrogen) atoms. The topological polar surface area (TPSA) is 74.2 Å². The van der Waals surface area contributed by atoms with Crippen LogP contribution in [0.2, 0.25) is 0 Å². The van der Waals surface area contributed by atoms with E-state index in [1.165, 1.54) is 12.0 Å². The van der Waals surface area contributed by atoms with Crippen molar-refractivity contribution >= 4 is 29.5 Å². The predicted octanol–water partition coefficient (Wildman–Crippen LogP) is 4.08. The van der Waals surface area contributed by atoms with E-state index in [1.807, 2.05) is 48.9 Å². The molecule has 2 aromatic carbocycles. The SMILES string of the molecule is CC(Nc1nccc([N+]2(NCC3CCNC3)C=Nc3ccccc32)n1)c1ccccc1. The minimum Gasteiger partial charge on any atom is -0.348 e. The molecule has 0 radical (unpaired) electrons. The molecule has 3 atom stereocenters. The number of fused-ring (bicyclic) bond motifs is 1. The van der Waals surface area contributed by atoms with Crippen LogP contribution < -0.4 is 20.7 Å². The molecule has 2 aliphatic rings. The molecule has 158 valence electrons. The fraction of sp³-hybridized carbons (Fsp3) is 0.292. The van der Waals surface area contributed by atoms with Crippen molar-refractivity contribution in [3.63, 3.8) is 0 Å². The zero-order valence-electron chi connectivity index (χ0n) is 17.7. The van der Waals surface area contributed by atoms with Crippen LogP contribution in [-0.4, -0.2) is 35.9 Å².